The number of halogens is 3. The fraction of sp³-hybridized carbons (Fsp3) is 0.538. The van der Waals surface area contributed by atoms with Crippen LogP contribution in [-0.2, 0) is 6.18 Å². The molecule has 2 nitrogen and oxygen atoms in total. The Morgan fingerprint density at radius 3 is 2.22 bits per heavy atom. The molecule has 0 amide bonds. The molecule has 102 valence electrons. The van der Waals surface area contributed by atoms with E-state index in [0.29, 0.717) is 6.61 Å². The van der Waals surface area contributed by atoms with Gasteiger partial charge in [-0.3, -0.25) is 0 Å². The zero-order chi connectivity index (χ0) is 14.0. The van der Waals surface area contributed by atoms with Crippen molar-refractivity contribution < 1.29 is 17.9 Å². The smallest absolute Gasteiger partial charge is 0.416 e. The van der Waals surface area contributed by atoms with Gasteiger partial charge in [-0.1, -0.05) is 20.8 Å². The van der Waals surface area contributed by atoms with E-state index in [-0.39, 0.29) is 16.9 Å². The largest absolute Gasteiger partial charge is 0.493 e. The monoisotopic (exact) mass is 261 g/mol. The van der Waals surface area contributed by atoms with Gasteiger partial charge >= 0.3 is 6.18 Å². The summed E-state index contributed by atoms with van der Waals surface area (Å²) in [5, 5.41) is 0. The van der Waals surface area contributed by atoms with E-state index in [0.717, 1.165) is 18.6 Å². The van der Waals surface area contributed by atoms with Crippen LogP contribution >= 0.6 is 0 Å². The van der Waals surface area contributed by atoms with E-state index in [4.69, 9.17) is 10.5 Å². The lowest BCUT2D eigenvalue weighted by Crippen LogP contribution is -2.12. The molecule has 0 aliphatic rings. The van der Waals surface area contributed by atoms with Crippen molar-refractivity contribution in [1.29, 1.82) is 0 Å². The number of benzene rings is 1. The number of hydrogen-bond acceptors (Lipinski definition) is 2. The minimum absolute atomic E-state index is 0.0515. The summed E-state index contributed by atoms with van der Waals surface area (Å²) in [5.41, 5.74) is 4.78. The minimum atomic E-state index is -4.41. The summed E-state index contributed by atoms with van der Waals surface area (Å²) >= 11 is 0. The summed E-state index contributed by atoms with van der Waals surface area (Å²) in [4.78, 5) is 0. The summed E-state index contributed by atoms with van der Waals surface area (Å²) in [6.45, 7) is 6.48. The first kappa shape index (κ1) is 14.7. The van der Waals surface area contributed by atoms with Crippen molar-refractivity contribution in [2.45, 2.75) is 33.4 Å². The summed E-state index contributed by atoms with van der Waals surface area (Å²) in [7, 11) is 0. The van der Waals surface area contributed by atoms with Crippen molar-refractivity contribution in [2.75, 3.05) is 12.3 Å². The highest BCUT2D eigenvalue weighted by Gasteiger charge is 2.31. The Labute approximate surface area is 105 Å². The Morgan fingerprint density at radius 2 is 1.72 bits per heavy atom. The van der Waals surface area contributed by atoms with Gasteiger partial charge in [0, 0.05) is 11.8 Å². The molecule has 0 saturated heterocycles. The lowest BCUT2D eigenvalue weighted by atomic mass is 9.93. The van der Waals surface area contributed by atoms with Gasteiger partial charge in [0.05, 0.1) is 12.2 Å². The molecule has 0 aliphatic heterocycles. The average molecular weight is 261 g/mol. The highest BCUT2D eigenvalue weighted by Crippen LogP contribution is 2.33. The second-order valence-corrected chi connectivity index (χ2v) is 5.45. The number of rotatable bonds is 3. The molecule has 2 N–H and O–H groups in total. The Hall–Kier alpha value is -1.39. The molecule has 0 unspecified atom stereocenters. The molecule has 0 bridgehead atoms. The van der Waals surface area contributed by atoms with Gasteiger partial charge in [-0.15, -0.1) is 0 Å². The molecular formula is C13H18F3NO. The van der Waals surface area contributed by atoms with Crippen LogP contribution in [-0.4, -0.2) is 6.61 Å². The van der Waals surface area contributed by atoms with Crippen molar-refractivity contribution in [3.05, 3.63) is 23.8 Å². The standard InChI is InChI=1S/C13H18F3NO/c1-12(2,3)4-5-18-11-7-9(13(14,15)16)6-10(17)8-11/h6-8H,4-5,17H2,1-3H3. The van der Waals surface area contributed by atoms with E-state index in [1.807, 2.05) is 20.8 Å². The zero-order valence-electron chi connectivity index (χ0n) is 10.8. The fourth-order valence-corrected chi connectivity index (χ4v) is 1.34. The Morgan fingerprint density at radius 1 is 1.11 bits per heavy atom. The molecule has 1 rings (SSSR count). The van der Waals surface area contributed by atoms with Crippen molar-refractivity contribution in [2.24, 2.45) is 5.41 Å². The van der Waals surface area contributed by atoms with Crippen LogP contribution in [0.5, 0.6) is 5.75 Å². The fourth-order valence-electron chi connectivity index (χ4n) is 1.34. The molecule has 0 fully saturated rings. The maximum atomic E-state index is 12.5. The average Bonchev–Trinajstić information content (AvgIpc) is 2.13. The molecule has 0 atom stereocenters. The van der Waals surface area contributed by atoms with Gasteiger partial charge in [-0.2, -0.15) is 13.2 Å². The van der Waals surface area contributed by atoms with Crippen LogP contribution in [0.1, 0.15) is 32.8 Å². The lowest BCUT2D eigenvalue weighted by Gasteiger charge is -2.18. The highest BCUT2D eigenvalue weighted by molar-refractivity contribution is 5.48. The van der Waals surface area contributed by atoms with Gasteiger partial charge in [-0.25, -0.2) is 0 Å². The normalized spacial score (nSPS) is 12.6. The third-order valence-electron chi connectivity index (χ3n) is 2.38. The summed E-state index contributed by atoms with van der Waals surface area (Å²) < 4.78 is 43.0. The lowest BCUT2D eigenvalue weighted by molar-refractivity contribution is -0.137. The predicted octanol–water partition coefficient (Wildman–Crippen LogP) is 4.10. The zero-order valence-corrected chi connectivity index (χ0v) is 10.8. The summed E-state index contributed by atoms with van der Waals surface area (Å²) in [6, 6.07) is 3.27. The van der Waals surface area contributed by atoms with Crippen molar-refractivity contribution in [1.82, 2.24) is 0 Å². The third-order valence-corrected chi connectivity index (χ3v) is 2.38. The Kier molecular flexibility index (Phi) is 4.14. The summed E-state index contributed by atoms with van der Waals surface area (Å²) in [5.74, 6) is 0.159. The van der Waals surface area contributed by atoms with Crippen LogP contribution in [0.2, 0.25) is 0 Å². The predicted molar refractivity (Wildman–Crippen MR) is 65.4 cm³/mol. The maximum absolute atomic E-state index is 12.5. The third kappa shape index (κ3) is 4.85. The van der Waals surface area contributed by atoms with Crippen LogP contribution in [0, 0.1) is 5.41 Å². The van der Waals surface area contributed by atoms with E-state index in [2.05, 4.69) is 0 Å². The molecule has 0 aromatic heterocycles. The van der Waals surface area contributed by atoms with Gasteiger partial charge in [0.2, 0.25) is 0 Å². The topological polar surface area (TPSA) is 35.2 Å². The van der Waals surface area contributed by atoms with Gasteiger partial charge in [-0.05, 0) is 24.0 Å². The van der Waals surface area contributed by atoms with Crippen molar-refractivity contribution >= 4 is 5.69 Å². The molecule has 1 aromatic rings. The highest BCUT2D eigenvalue weighted by atomic mass is 19.4. The van der Waals surface area contributed by atoms with E-state index in [1.165, 1.54) is 6.07 Å². The molecule has 0 heterocycles. The first-order valence-corrected chi connectivity index (χ1v) is 5.68. The molecule has 0 aliphatic carbocycles. The van der Waals surface area contributed by atoms with Crippen LogP contribution in [0.4, 0.5) is 18.9 Å². The number of alkyl halides is 3. The Bertz CT molecular complexity index is 408. The SMILES string of the molecule is CC(C)(C)CCOc1cc(N)cc(C(F)(F)F)c1. The summed E-state index contributed by atoms with van der Waals surface area (Å²) in [6.07, 6.45) is -3.65. The second-order valence-electron chi connectivity index (χ2n) is 5.45. The molecule has 0 saturated carbocycles. The first-order valence-electron chi connectivity index (χ1n) is 5.68. The van der Waals surface area contributed by atoms with E-state index < -0.39 is 11.7 Å². The number of hydrogen-bond donors (Lipinski definition) is 1. The van der Waals surface area contributed by atoms with Gasteiger partial charge in [0.1, 0.15) is 5.75 Å². The molecule has 0 radical (unpaired) electrons. The number of ether oxygens (including phenoxy) is 1. The molecule has 0 spiro atoms. The number of nitrogens with two attached hydrogens (primary N) is 1. The van der Waals surface area contributed by atoms with Crippen molar-refractivity contribution in [3.63, 3.8) is 0 Å². The van der Waals surface area contributed by atoms with E-state index in [1.54, 1.807) is 0 Å². The molecule has 5 heteroatoms. The van der Waals surface area contributed by atoms with Crippen LogP contribution in [0.25, 0.3) is 0 Å². The van der Waals surface area contributed by atoms with Gasteiger partial charge in [0.25, 0.3) is 0 Å². The molecular weight excluding hydrogens is 243 g/mol. The molecule has 18 heavy (non-hydrogen) atoms. The number of nitrogen functional groups attached to an aromatic ring is 1. The minimum Gasteiger partial charge on any atom is -0.493 e. The first-order chi connectivity index (χ1) is 8.08. The van der Waals surface area contributed by atoms with Crippen LogP contribution in [0.3, 0.4) is 0 Å². The van der Waals surface area contributed by atoms with Crippen molar-refractivity contribution in [3.8, 4) is 5.75 Å². The maximum Gasteiger partial charge on any atom is 0.416 e. The van der Waals surface area contributed by atoms with Crippen LogP contribution < -0.4 is 10.5 Å². The molecule has 1 aromatic carbocycles. The van der Waals surface area contributed by atoms with Crippen LogP contribution in [0.15, 0.2) is 18.2 Å². The van der Waals surface area contributed by atoms with Gasteiger partial charge < -0.3 is 10.5 Å². The second kappa shape index (κ2) is 5.08. The van der Waals surface area contributed by atoms with Gasteiger partial charge in [0.15, 0.2) is 0 Å². The number of anilines is 1. The van der Waals surface area contributed by atoms with E-state index >= 15 is 0 Å². The van der Waals surface area contributed by atoms with E-state index in [9.17, 15) is 13.2 Å². The Balaban J connectivity index is 2.75. The quantitative estimate of drug-likeness (QED) is 0.831.